The first-order valence-corrected chi connectivity index (χ1v) is 7.91. The molecule has 6 heteroatoms. The monoisotopic (exact) mass is 327 g/mol. The lowest BCUT2D eigenvalue weighted by molar-refractivity contribution is 0.0939. The van der Waals surface area contributed by atoms with Crippen molar-refractivity contribution in [2.75, 3.05) is 0 Å². The van der Waals surface area contributed by atoms with E-state index in [2.05, 4.69) is 15.5 Å². The zero-order valence-electron chi connectivity index (χ0n) is 12.4. The predicted molar refractivity (Wildman–Crippen MR) is 87.6 cm³/mol. The number of halogens is 1. The first-order chi connectivity index (χ1) is 11.1. The Morgan fingerprint density at radius 3 is 2.52 bits per heavy atom. The molecule has 0 aliphatic rings. The van der Waals surface area contributed by atoms with E-state index in [0.717, 1.165) is 16.9 Å². The van der Waals surface area contributed by atoms with Crippen molar-refractivity contribution in [2.24, 2.45) is 0 Å². The van der Waals surface area contributed by atoms with Gasteiger partial charge < -0.3 is 5.32 Å². The maximum atomic E-state index is 13.8. The fourth-order valence-corrected chi connectivity index (χ4v) is 2.92. The Hall–Kier alpha value is -2.60. The third-order valence-electron chi connectivity index (χ3n) is 3.37. The number of benzene rings is 2. The molecule has 2 aromatic carbocycles. The van der Waals surface area contributed by atoms with Crippen molar-refractivity contribution in [3.63, 3.8) is 0 Å². The zero-order chi connectivity index (χ0) is 16.2. The topological polar surface area (TPSA) is 54.9 Å². The standard InChI is InChI=1S/C17H14FN3OS/c1-11(12-7-3-2-4-8-12)19-15(22)17-21-20-16(23-17)13-9-5-6-10-14(13)18/h2-11H,1H3,(H,19,22). The van der Waals surface area contributed by atoms with Gasteiger partial charge in [-0.2, -0.15) is 0 Å². The quantitative estimate of drug-likeness (QED) is 0.792. The number of nitrogens with one attached hydrogen (secondary N) is 1. The lowest BCUT2D eigenvalue weighted by Crippen LogP contribution is -2.26. The van der Waals surface area contributed by atoms with Crippen LogP contribution in [-0.2, 0) is 0 Å². The second kappa shape index (κ2) is 6.66. The molecule has 3 aromatic rings. The van der Waals surface area contributed by atoms with Crippen molar-refractivity contribution in [2.45, 2.75) is 13.0 Å². The third-order valence-corrected chi connectivity index (χ3v) is 4.33. The van der Waals surface area contributed by atoms with E-state index in [9.17, 15) is 9.18 Å². The largest absolute Gasteiger partial charge is 0.343 e. The van der Waals surface area contributed by atoms with Gasteiger partial charge in [-0.25, -0.2) is 4.39 Å². The first-order valence-electron chi connectivity index (χ1n) is 7.09. The smallest absolute Gasteiger partial charge is 0.282 e. The van der Waals surface area contributed by atoms with Crippen LogP contribution in [0.3, 0.4) is 0 Å². The summed E-state index contributed by atoms with van der Waals surface area (Å²) < 4.78 is 13.8. The van der Waals surface area contributed by atoms with E-state index in [1.54, 1.807) is 18.2 Å². The van der Waals surface area contributed by atoms with Crippen molar-refractivity contribution in [3.8, 4) is 10.6 Å². The van der Waals surface area contributed by atoms with Crippen LogP contribution in [0.15, 0.2) is 54.6 Å². The molecule has 1 unspecified atom stereocenters. The summed E-state index contributed by atoms with van der Waals surface area (Å²) >= 11 is 1.07. The van der Waals surface area contributed by atoms with Gasteiger partial charge in [-0.05, 0) is 24.6 Å². The number of aromatic nitrogens is 2. The van der Waals surface area contributed by atoms with Gasteiger partial charge in [-0.15, -0.1) is 10.2 Å². The number of hydrogen-bond donors (Lipinski definition) is 1. The highest BCUT2D eigenvalue weighted by molar-refractivity contribution is 7.16. The Kier molecular flexibility index (Phi) is 4.43. The summed E-state index contributed by atoms with van der Waals surface area (Å²) in [6.07, 6.45) is 0. The second-order valence-corrected chi connectivity index (χ2v) is 5.98. The summed E-state index contributed by atoms with van der Waals surface area (Å²) in [5.74, 6) is -0.699. The van der Waals surface area contributed by atoms with Gasteiger partial charge in [0.1, 0.15) is 5.82 Å². The maximum absolute atomic E-state index is 13.8. The van der Waals surface area contributed by atoms with E-state index in [4.69, 9.17) is 0 Å². The molecular weight excluding hydrogens is 313 g/mol. The highest BCUT2D eigenvalue weighted by Crippen LogP contribution is 2.26. The molecule has 0 fully saturated rings. The van der Waals surface area contributed by atoms with E-state index < -0.39 is 0 Å². The Morgan fingerprint density at radius 1 is 1.09 bits per heavy atom. The average Bonchev–Trinajstić information content (AvgIpc) is 3.06. The van der Waals surface area contributed by atoms with Gasteiger partial charge in [-0.3, -0.25) is 4.79 Å². The van der Waals surface area contributed by atoms with Crippen LogP contribution in [0.5, 0.6) is 0 Å². The van der Waals surface area contributed by atoms with Crippen LogP contribution < -0.4 is 5.32 Å². The number of hydrogen-bond acceptors (Lipinski definition) is 4. The van der Waals surface area contributed by atoms with E-state index in [0.29, 0.717) is 10.6 Å². The van der Waals surface area contributed by atoms with Crippen LogP contribution in [0.25, 0.3) is 10.6 Å². The number of carbonyl (C=O) groups excluding carboxylic acids is 1. The number of amides is 1. The third kappa shape index (κ3) is 3.43. The maximum Gasteiger partial charge on any atom is 0.282 e. The molecule has 116 valence electrons. The Bertz CT molecular complexity index is 819. The average molecular weight is 327 g/mol. The summed E-state index contributed by atoms with van der Waals surface area (Å²) in [6.45, 7) is 1.89. The van der Waals surface area contributed by atoms with Crippen molar-refractivity contribution in [3.05, 3.63) is 71.0 Å². The Morgan fingerprint density at radius 2 is 1.78 bits per heavy atom. The molecule has 4 nitrogen and oxygen atoms in total. The normalized spacial score (nSPS) is 11.9. The molecule has 0 aliphatic heterocycles. The molecule has 1 N–H and O–H groups in total. The summed E-state index contributed by atoms with van der Waals surface area (Å²) in [6, 6.07) is 15.8. The Balaban J connectivity index is 1.75. The predicted octanol–water partition coefficient (Wildman–Crippen LogP) is 3.84. The van der Waals surface area contributed by atoms with E-state index in [-0.39, 0.29) is 22.8 Å². The van der Waals surface area contributed by atoms with Crippen LogP contribution in [0.1, 0.15) is 28.3 Å². The minimum atomic E-state index is -0.381. The summed E-state index contributed by atoms with van der Waals surface area (Å²) in [4.78, 5) is 12.3. The van der Waals surface area contributed by atoms with Gasteiger partial charge in [0.25, 0.3) is 5.91 Å². The molecule has 0 radical (unpaired) electrons. The highest BCUT2D eigenvalue weighted by atomic mass is 32.1. The number of rotatable bonds is 4. The van der Waals surface area contributed by atoms with Crippen molar-refractivity contribution in [1.82, 2.24) is 15.5 Å². The van der Waals surface area contributed by atoms with Crippen LogP contribution in [0, 0.1) is 5.82 Å². The van der Waals surface area contributed by atoms with E-state index >= 15 is 0 Å². The van der Waals surface area contributed by atoms with Crippen molar-refractivity contribution >= 4 is 17.2 Å². The molecule has 0 saturated carbocycles. The molecular formula is C17H14FN3OS. The van der Waals surface area contributed by atoms with Crippen molar-refractivity contribution in [1.29, 1.82) is 0 Å². The Labute approximate surface area is 137 Å². The number of nitrogens with zero attached hydrogens (tertiary/aromatic N) is 2. The summed E-state index contributed by atoms with van der Waals surface area (Å²) in [7, 11) is 0. The molecule has 1 amide bonds. The highest BCUT2D eigenvalue weighted by Gasteiger charge is 2.17. The van der Waals surface area contributed by atoms with E-state index in [1.165, 1.54) is 6.07 Å². The zero-order valence-corrected chi connectivity index (χ0v) is 13.2. The lowest BCUT2D eigenvalue weighted by atomic mass is 10.1. The van der Waals surface area contributed by atoms with E-state index in [1.807, 2.05) is 37.3 Å². The molecule has 1 heterocycles. The molecule has 3 rings (SSSR count). The lowest BCUT2D eigenvalue weighted by Gasteiger charge is -2.12. The molecule has 23 heavy (non-hydrogen) atoms. The molecule has 1 atom stereocenters. The van der Waals surface area contributed by atoms with Gasteiger partial charge in [0.05, 0.1) is 6.04 Å². The van der Waals surface area contributed by atoms with Gasteiger partial charge in [0.2, 0.25) is 5.01 Å². The fraction of sp³-hybridized carbons (Fsp3) is 0.118. The molecule has 1 aromatic heterocycles. The SMILES string of the molecule is CC(NC(=O)c1nnc(-c2ccccc2F)s1)c1ccccc1. The molecule has 0 bridgehead atoms. The fourth-order valence-electron chi connectivity index (χ4n) is 2.14. The van der Waals surface area contributed by atoms with Crippen LogP contribution in [0.2, 0.25) is 0 Å². The van der Waals surface area contributed by atoms with Gasteiger partial charge in [0, 0.05) is 5.56 Å². The van der Waals surface area contributed by atoms with Crippen molar-refractivity contribution < 1.29 is 9.18 Å². The molecule has 0 spiro atoms. The summed E-state index contributed by atoms with van der Waals surface area (Å²) in [5.41, 5.74) is 1.35. The van der Waals surface area contributed by atoms with Gasteiger partial charge >= 0.3 is 0 Å². The number of carbonyl (C=O) groups is 1. The van der Waals surface area contributed by atoms with Crippen LogP contribution in [0.4, 0.5) is 4.39 Å². The minimum absolute atomic E-state index is 0.149. The van der Waals surface area contributed by atoms with Crippen LogP contribution in [-0.4, -0.2) is 16.1 Å². The first kappa shape index (κ1) is 15.3. The second-order valence-electron chi connectivity index (χ2n) is 5.00. The summed E-state index contributed by atoms with van der Waals surface area (Å²) in [5, 5.41) is 11.3. The molecule has 0 saturated heterocycles. The van der Waals surface area contributed by atoms with Crippen LogP contribution >= 0.6 is 11.3 Å². The van der Waals surface area contributed by atoms with Gasteiger partial charge in [-0.1, -0.05) is 53.8 Å². The molecule has 0 aliphatic carbocycles. The van der Waals surface area contributed by atoms with Gasteiger partial charge in [0.15, 0.2) is 5.01 Å². The minimum Gasteiger partial charge on any atom is -0.343 e.